The molecule has 1 aliphatic rings. The van der Waals surface area contributed by atoms with Crippen LogP contribution in [0, 0.1) is 0 Å². The molecule has 0 spiro atoms. The molecule has 0 saturated heterocycles. The number of hydrogen-bond acceptors (Lipinski definition) is 3. The van der Waals surface area contributed by atoms with Crippen LogP contribution in [0.4, 0.5) is 0 Å². The number of nitrogens with one attached hydrogen (secondary N) is 1. The standard InChI is InChI=1S/C13H25N3O2.HI/c1-2-18-12(17)9-6-10-15-13(14)16-11-7-4-3-5-8-11;/h11H,2-10H2,1H3,(H3,14,15,16);1H. The normalized spacial score (nSPS) is 16.6. The van der Waals surface area contributed by atoms with Gasteiger partial charge in [-0.3, -0.25) is 9.79 Å². The van der Waals surface area contributed by atoms with Crippen molar-refractivity contribution >= 4 is 35.9 Å². The third kappa shape index (κ3) is 9.07. The Balaban J connectivity index is 0.00000324. The molecule has 6 heteroatoms. The third-order valence-electron chi connectivity index (χ3n) is 3.08. The summed E-state index contributed by atoms with van der Waals surface area (Å²) in [5, 5.41) is 3.24. The largest absolute Gasteiger partial charge is 0.466 e. The van der Waals surface area contributed by atoms with Crippen LogP contribution in [-0.2, 0) is 9.53 Å². The van der Waals surface area contributed by atoms with Gasteiger partial charge < -0.3 is 15.8 Å². The van der Waals surface area contributed by atoms with Crippen LogP contribution in [0.3, 0.4) is 0 Å². The summed E-state index contributed by atoms with van der Waals surface area (Å²) >= 11 is 0. The Bertz CT molecular complexity index is 279. The zero-order valence-corrected chi connectivity index (χ0v) is 14.0. The molecular weight excluding hydrogens is 357 g/mol. The van der Waals surface area contributed by atoms with Gasteiger partial charge in [0.2, 0.25) is 0 Å². The summed E-state index contributed by atoms with van der Waals surface area (Å²) in [4.78, 5) is 15.3. The maximum absolute atomic E-state index is 11.1. The molecule has 0 atom stereocenters. The molecule has 0 amide bonds. The van der Waals surface area contributed by atoms with E-state index >= 15 is 0 Å². The first-order valence-electron chi connectivity index (χ1n) is 6.94. The summed E-state index contributed by atoms with van der Waals surface area (Å²) in [5.41, 5.74) is 5.80. The number of halogens is 1. The van der Waals surface area contributed by atoms with Gasteiger partial charge in [0.25, 0.3) is 0 Å². The second-order valence-corrected chi connectivity index (χ2v) is 4.65. The Morgan fingerprint density at radius 3 is 2.68 bits per heavy atom. The van der Waals surface area contributed by atoms with Gasteiger partial charge in [0.1, 0.15) is 0 Å². The van der Waals surface area contributed by atoms with Gasteiger partial charge in [-0.2, -0.15) is 0 Å². The first-order chi connectivity index (χ1) is 8.72. The average molecular weight is 383 g/mol. The molecule has 0 aromatic carbocycles. The van der Waals surface area contributed by atoms with Crippen molar-refractivity contribution in [2.75, 3.05) is 13.2 Å². The van der Waals surface area contributed by atoms with Gasteiger partial charge in [0, 0.05) is 19.0 Å². The van der Waals surface area contributed by atoms with Crippen molar-refractivity contribution < 1.29 is 9.53 Å². The van der Waals surface area contributed by atoms with Crippen molar-refractivity contribution in [1.82, 2.24) is 5.32 Å². The highest BCUT2D eigenvalue weighted by Crippen LogP contribution is 2.16. The zero-order chi connectivity index (χ0) is 13.2. The molecule has 0 aromatic heterocycles. The van der Waals surface area contributed by atoms with E-state index < -0.39 is 0 Å². The minimum atomic E-state index is -0.161. The molecule has 0 heterocycles. The number of nitrogens with zero attached hydrogens (tertiary/aromatic N) is 1. The van der Waals surface area contributed by atoms with E-state index in [1.807, 2.05) is 6.92 Å². The number of hydrogen-bond donors (Lipinski definition) is 2. The Hall–Kier alpha value is -0.530. The second kappa shape index (κ2) is 11.3. The highest BCUT2D eigenvalue weighted by atomic mass is 127. The van der Waals surface area contributed by atoms with E-state index in [-0.39, 0.29) is 29.9 Å². The molecule has 0 radical (unpaired) electrons. The third-order valence-corrected chi connectivity index (χ3v) is 3.08. The maximum Gasteiger partial charge on any atom is 0.305 e. The molecule has 3 N–H and O–H groups in total. The first kappa shape index (κ1) is 18.5. The van der Waals surface area contributed by atoms with Crippen LogP contribution in [0.1, 0.15) is 51.9 Å². The van der Waals surface area contributed by atoms with Gasteiger partial charge in [0.15, 0.2) is 5.96 Å². The summed E-state index contributed by atoms with van der Waals surface area (Å²) in [6, 6.07) is 0.479. The predicted molar refractivity (Wildman–Crippen MR) is 87.8 cm³/mol. The molecule has 19 heavy (non-hydrogen) atoms. The monoisotopic (exact) mass is 383 g/mol. The number of nitrogens with two attached hydrogens (primary N) is 1. The molecule has 1 rings (SSSR count). The Labute approximate surface area is 132 Å². The van der Waals surface area contributed by atoms with Crippen LogP contribution < -0.4 is 11.1 Å². The van der Waals surface area contributed by atoms with Crippen molar-refractivity contribution in [3.8, 4) is 0 Å². The van der Waals surface area contributed by atoms with Gasteiger partial charge >= 0.3 is 5.97 Å². The number of esters is 1. The molecule has 112 valence electrons. The number of aliphatic imine (C=N–C) groups is 1. The topological polar surface area (TPSA) is 76.7 Å². The zero-order valence-electron chi connectivity index (χ0n) is 11.7. The van der Waals surface area contributed by atoms with Gasteiger partial charge in [-0.25, -0.2) is 0 Å². The van der Waals surface area contributed by atoms with Crippen LogP contribution in [0.2, 0.25) is 0 Å². The number of rotatable bonds is 6. The Morgan fingerprint density at radius 2 is 2.05 bits per heavy atom. The lowest BCUT2D eigenvalue weighted by molar-refractivity contribution is -0.143. The fourth-order valence-corrected chi connectivity index (χ4v) is 2.16. The minimum absolute atomic E-state index is 0. The van der Waals surface area contributed by atoms with Gasteiger partial charge in [-0.05, 0) is 26.2 Å². The SMILES string of the molecule is CCOC(=O)CCCN=C(N)NC1CCCCC1.I. The predicted octanol–water partition coefficient (Wildman–Crippen LogP) is 2.18. The molecule has 1 saturated carbocycles. The Morgan fingerprint density at radius 1 is 1.37 bits per heavy atom. The highest BCUT2D eigenvalue weighted by molar-refractivity contribution is 14.0. The van der Waals surface area contributed by atoms with Gasteiger partial charge in [0.05, 0.1) is 6.61 Å². The van der Waals surface area contributed by atoms with Gasteiger partial charge in [-0.1, -0.05) is 19.3 Å². The Kier molecular flexibility index (Phi) is 11.0. The smallest absolute Gasteiger partial charge is 0.305 e. The van der Waals surface area contributed by atoms with E-state index in [1.54, 1.807) is 0 Å². The van der Waals surface area contributed by atoms with E-state index in [9.17, 15) is 4.79 Å². The van der Waals surface area contributed by atoms with Crippen LogP contribution in [-0.4, -0.2) is 31.1 Å². The summed E-state index contributed by atoms with van der Waals surface area (Å²) in [6.07, 6.45) is 7.33. The molecule has 5 nitrogen and oxygen atoms in total. The molecule has 0 bridgehead atoms. The highest BCUT2D eigenvalue weighted by Gasteiger charge is 2.13. The molecule has 0 aliphatic heterocycles. The van der Waals surface area contributed by atoms with Crippen molar-refractivity contribution in [3.05, 3.63) is 0 Å². The van der Waals surface area contributed by atoms with E-state index in [0.29, 0.717) is 38.0 Å². The van der Waals surface area contributed by atoms with E-state index in [1.165, 1.54) is 32.1 Å². The molecule has 0 unspecified atom stereocenters. The van der Waals surface area contributed by atoms with E-state index in [2.05, 4.69) is 10.3 Å². The average Bonchev–Trinajstić information content (AvgIpc) is 2.36. The van der Waals surface area contributed by atoms with Crippen molar-refractivity contribution in [2.24, 2.45) is 10.7 Å². The summed E-state index contributed by atoms with van der Waals surface area (Å²) in [7, 11) is 0. The number of ether oxygens (including phenoxy) is 1. The number of carbonyl (C=O) groups excluding carboxylic acids is 1. The van der Waals surface area contributed by atoms with Crippen molar-refractivity contribution in [1.29, 1.82) is 0 Å². The summed E-state index contributed by atoms with van der Waals surface area (Å²) < 4.78 is 4.84. The fourth-order valence-electron chi connectivity index (χ4n) is 2.16. The second-order valence-electron chi connectivity index (χ2n) is 4.65. The van der Waals surface area contributed by atoms with Crippen LogP contribution >= 0.6 is 24.0 Å². The maximum atomic E-state index is 11.1. The van der Waals surface area contributed by atoms with Crippen LogP contribution in [0.25, 0.3) is 0 Å². The van der Waals surface area contributed by atoms with E-state index in [0.717, 1.165) is 0 Å². The molecule has 1 aliphatic carbocycles. The lowest BCUT2D eigenvalue weighted by atomic mass is 9.96. The number of carbonyl (C=O) groups is 1. The molecule has 0 aromatic rings. The number of guanidine groups is 1. The van der Waals surface area contributed by atoms with Gasteiger partial charge in [-0.15, -0.1) is 24.0 Å². The summed E-state index contributed by atoms with van der Waals surface area (Å²) in [5.74, 6) is 0.345. The minimum Gasteiger partial charge on any atom is -0.466 e. The lowest BCUT2D eigenvalue weighted by Gasteiger charge is -2.23. The first-order valence-corrected chi connectivity index (χ1v) is 6.94. The van der Waals surface area contributed by atoms with Crippen LogP contribution in [0.15, 0.2) is 4.99 Å². The molecule has 1 fully saturated rings. The molecular formula is C13H26IN3O2. The quantitative estimate of drug-likeness (QED) is 0.242. The van der Waals surface area contributed by atoms with Crippen molar-refractivity contribution in [2.45, 2.75) is 57.9 Å². The van der Waals surface area contributed by atoms with Crippen LogP contribution in [0.5, 0.6) is 0 Å². The lowest BCUT2D eigenvalue weighted by Crippen LogP contribution is -2.41. The summed E-state index contributed by atoms with van der Waals surface area (Å²) in [6.45, 7) is 2.82. The van der Waals surface area contributed by atoms with E-state index in [4.69, 9.17) is 10.5 Å². The fraction of sp³-hybridized carbons (Fsp3) is 0.846. The van der Waals surface area contributed by atoms with Crippen molar-refractivity contribution in [3.63, 3.8) is 0 Å².